The fourth-order valence-electron chi connectivity index (χ4n) is 2.30. The Morgan fingerprint density at radius 2 is 1.91 bits per heavy atom. The quantitative estimate of drug-likeness (QED) is 0.762. The maximum absolute atomic E-state index is 12.0. The van der Waals surface area contributed by atoms with E-state index in [-0.39, 0.29) is 10.8 Å². The first-order chi connectivity index (χ1) is 10.6. The largest absolute Gasteiger partial charge is 0.309 e. The van der Waals surface area contributed by atoms with E-state index in [1.165, 1.54) is 0 Å². The highest BCUT2D eigenvalue weighted by molar-refractivity contribution is 7.98. The number of rotatable bonds is 4. The van der Waals surface area contributed by atoms with Crippen molar-refractivity contribution in [3.63, 3.8) is 0 Å². The Morgan fingerprint density at radius 1 is 1.18 bits per heavy atom. The first-order valence-electron chi connectivity index (χ1n) is 6.99. The van der Waals surface area contributed by atoms with Gasteiger partial charge in [0.05, 0.1) is 16.7 Å². The highest BCUT2D eigenvalue weighted by Gasteiger charge is 2.11. The lowest BCUT2D eigenvalue weighted by molar-refractivity contribution is 1.02. The van der Waals surface area contributed by atoms with Crippen LogP contribution in [0.15, 0.2) is 53.3 Å². The summed E-state index contributed by atoms with van der Waals surface area (Å²) in [6.45, 7) is 2.10. The summed E-state index contributed by atoms with van der Waals surface area (Å²) in [6, 6.07) is 15.2. The number of aromatic nitrogens is 2. The molecule has 0 aliphatic carbocycles. The molecule has 1 unspecified atom stereocenters. The van der Waals surface area contributed by atoms with Crippen LogP contribution in [0.5, 0.6) is 0 Å². The van der Waals surface area contributed by atoms with Crippen LogP contribution in [0.3, 0.4) is 0 Å². The zero-order valence-electron chi connectivity index (χ0n) is 12.0. The molecule has 5 heteroatoms. The van der Waals surface area contributed by atoms with Gasteiger partial charge in [-0.05, 0) is 30.7 Å². The molecular formula is C17H15ClN2OS. The van der Waals surface area contributed by atoms with E-state index in [9.17, 15) is 4.79 Å². The van der Waals surface area contributed by atoms with Crippen LogP contribution in [0.4, 0.5) is 0 Å². The van der Waals surface area contributed by atoms with E-state index >= 15 is 0 Å². The molecule has 0 amide bonds. The molecule has 0 aliphatic rings. The molecule has 0 bridgehead atoms. The van der Waals surface area contributed by atoms with Crippen molar-refractivity contribution in [2.45, 2.75) is 17.9 Å². The van der Waals surface area contributed by atoms with E-state index in [1.807, 2.05) is 42.5 Å². The maximum Gasteiger partial charge on any atom is 0.258 e. The molecule has 2 aromatic carbocycles. The van der Waals surface area contributed by atoms with Crippen molar-refractivity contribution < 1.29 is 0 Å². The Bertz CT molecular complexity index is 862. The second kappa shape index (κ2) is 6.55. The Balaban J connectivity index is 1.79. The van der Waals surface area contributed by atoms with Gasteiger partial charge in [-0.3, -0.25) is 4.79 Å². The number of aromatic amines is 1. The molecule has 0 spiro atoms. The van der Waals surface area contributed by atoms with Gasteiger partial charge in [-0.25, -0.2) is 4.98 Å². The summed E-state index contributed by atoms with van der Waals surface area (Å²) in [4.78, 5) is 19.4. The molecule has 22 heavy (non-hydrogen) atoms. The number of nitrogens with zero attached hydrogens (tertiary/aromatic N) is 1. The Hall–Kier alpha value is -1.78. The molecule has 1 N–H and O–H groups in total. The zero-order valence-corrected chi connectivity index (χ0v) is 13.6. The van der Waals surface area contributed by atoms with Gasteiger partial charge in [0.1, 0.15) is 5.82 Å². The van der Waals surface area contributed by atoms with Crippen molar-refractivity contribution in [2.75, 3.05) is 0 Å². The minimum atomic E-state index is -0.0911. The van der Waals surface area contributed by atoms with E-state index in [0.717, 1.165) is 16.1 Å². The fourth-order valence-corrected chi connectivity index (χ4v) is 3.60. The predicted molar refractivity (Wildman–Crippen MR) is 93.5 cm³/mol. The minimum absolute atomic E-state index is 0.0911. The first-order valence-corrected chi connectivity index (χ1v) is 8.42. The standard InChI is InChI=1S/C17H15ClN2OS/c1-11(12-6-2-4-8-14(12)18)22-10-16-19-15-9-5-3-7-13(15)17(21)20-16/h2-9,11H,10H2,1H3,(H,19,20,21). The van der Waals surface area contributed by atoms with Crippen molar-refractivity contribution >= 4 is 34.3 Å². The lowest BCUT2D eigenvalue weighted by atomic mass is 10.2. The van der Waals surface area contributed by atoms with E-state index in [0.29, 0.717) is 17.0 Å². The fraction of sp³-hybridized carbons (Fsp3) is 0.176. The Morgan fingerprint density at radius 3 is 2.73 bits per heavy atom. The Kier molecular flexibility index (Phi) is 4.50. The van der Waals surface area contributed by atoms with Crippen molar-refractivity contribution in [2.24, 2.45) is 0 Å². The highest BCUT2D eigenvalue weighted by atomic mass is 35.5. The van der Waals surface area contributed by atoms with Crippen LogP contribution in [0.1, 0.15) is 23.6 Å². The number of hydrogen-bond donors (Lipinski definition) is 1. The summed E-state index contributed by atoms with van der Waals surface area (Å²) in [6.07, 6.45) is 0. The van der Waals surface area contributed by atoms with E-state index < -0.39 is 0 Å². The molecule has 1 atom stereocenters. The Labute approximate surface area is 137 Å². The zero-order chi connectivity index (χ0) is 15.5. The van der Waals surface area contributed by atoms with Crippen LogP contribution in [0.25, 0.3) is 10.9 Å². The molecule has 0 saturated carbocycles. The summed E-state index contributed by atoms with van der Waals surface area (Å²) in [5, 5.41) is 1.61. The number of para-hydroxylation sites is 1. The van der Waals surface area contributed by atoms with Gasteiger partial charge in [0, 0.05) is 10.3 Å². The van der Waals surface area contributed by atoms with Crippen molar-refractivity contribution in [3.8, 4) is 0 Å². The number of benzene rings is 2. The van der Waals surface area contributed by atoms with Crippen LogP contribution >= 0.6 is 23.4 Å². The number of thioether (sulfide) groups is 1. The lowest BCUT2D eigenvalue weighted by Gasteiger charge is -2.13. The van der Waals surface area contributed by atoms with Gasteiger partial charge in [-0.2, -0.15) is 0 Å². The molecular weight excluding hydrogens is 316 g/mol. The molecule has 0 fully saturated rings. The third-order valence-corrected chi connectivity index (χ3v) is 5.01. The number of fused-ring (bicyclic) bond motifs is 1. The smallest absolute Gasteiger partial charge is 0.258 e. The number of hydrogen-bond acceptors (Lipinski definition) is 3. The van der Waals surface area contributed by atoms with Crippen LogP contribution in [0.2, 0.25) is 5.02 Å². The molecule has 1 heterocycles. The predicted octanol–water partition coefficient (Wildman–Crippen LogP) is 4.57. The average molecular weight is 331 g/mol. The van der Waals surface area contributed by atoms with Crippen LogP contribution in [0, 0.1) is 0 Å². The van der Waals surface area contributed by atoms with Gasteiger partial charge in [-0.15, -0.1) is 11.8 Å². The van der Waals surface area contributed by atoms with Crippen molar-refractivity contribution in [3.05, 3.63) is 75.3 Å². The summed E-state index contributed by atoms with van der Waals surface area (Å²) >= 11 is 7.91. The van der Waals surface area contributed by atoms with Gasteiger partial charge < -0.3 is 4.98 Å². The molecule has 3 rings (SSSR count). The average Bonchev–Trinajstić information content (AvgIpc) is 2.53. The first kappa shape index (κ1) is 15.1. The lowest BCUT2D eigenvalue weighted by Crippen LogP contribution is -2.11. The monoisotopic (exact) mass is 330 g/mol. The van der Waals surface area contributed by atoms with Crippen LogP contribution < -0.4 is 5.56 Å². The molecule has 1 aromatic heterocycles. The van der Waals surface area contributed by atoms with Gasteiger partial charge in [0.2, 0.25) is 0 Å². The van der Waals surface area contributed by atoms with E-state index in [2.05, 4.69) is 16.9 Å². The SMILES string of the molecule is CC(SCc1nc2ccccc2c(=O)[nH]1)c1ccccc1Cl. The van der Waals surface area contributed by atoms with Crippen molar-refractivity contribution in [1.29, 1.82) is 0 Å². The third-order valence-electron chi connectivity index (χ3n) is 3.48. The van der Waals surface area contributed by atoms with Crippen LogP contribution in [-0.4, -0.2) is 9.97 Å². The normalized spacial score (nSPS) is 12.5. The van der Waals surface area contributed by atoms with E-state index in [4.69, 9.17) is 11.6 Å². The topological polar surface area (TPSA) is 45.8 Å². The number of nitrogens with one attached hydrogen (secondary N) is 1. The molecule has 3 nitrogen and oxygen atoms in total. The summed E-state index contributed by atoms with van der Waals surface area (Å²) in [5.41, 5.74) is 1.73. The van der Waals surface area contributed by atoms with Gasteiger partial charge in [0.15, 0.2) is 0 Å². The number of H-pyrrole nitrogens is 1. The second-order valence-corrected chi connectivity index (χ2v) is 6.74. The van der Waals surface area contributed by atoms with Gasteiger partial charge in [-0.1, -0.05) is 41.9 Å². The van der Waals surface area contributed by atoms with Crippen LogP contribution in [-0.2, 0) is 5.75 Å². The van der Waals surface area contributed by atoms with Crippen molar-refractivity contribution in [1.82, 2.24) is 9.97 Å². The second-order valence-electron chi connectivity index (χ2n) is 5.00. The van der Waals surface area contributed by atoms with Gasteiger partial charge in [0.25, 0.3) is 5.56 Å². The van der Waals surface area contributed by atoms with E-state index in [1.54, 1.807) is 17.8 Å². The summed E-state index contributed by atoms with van der Waals surface area (Å²) in [5.74, 6) is 1.32. The van der Waals surface area contributed by atoms with Gasteiger partial charge >= 0.3 is 0 Å². The molecule has 112 valence electrons. The highest BCUT2D eigenvalue weighted by Crippen LogP contribution is 2.34. The maximum atomic E-state index is 12.0. The minimum Gasteiger partial charge on any atom is -0.309 e. The molecule has 3 aromatic rings. The summed E-state index contributed by atoms with van der Waals surface area (Å²) in [7, 11) is 0. The number of halogens is 1. The molecule has 0 radical (unpaired) electrons. The summed E-state index contributed by atoms with van der Waals surface area (Å²) < 4.78 is 0. The molecule has 0 aliphatic heterocycles. The molecule has 0 saturated heterocycles. The third kappa shape index (κ3) is 3.18.